The van der Waals surface area contributed by atoms with E-state index in [2.05, 4.69) is 32.3 Å². The molecule has 0 atom stereocenters. The zero-order valence-electron chi connectivity index (χ0n) is 23.1. The molecule has 0 N–H and O–H groups in total. The van der Waals surface area contributed by atoms with Gasteiger partial charge in [-0.2, -0.15) is 26.5 Å². The molecule has 229 valence electrons. The molecule has 2 aliphatic rings. The first-order chi connectivity index (χ1) is 19.9. The van der Waals surface area contributed by atoms with Gasteiger partial charge in [0.15, 0.2) is 0 Å². The minimum absolute atomic E-state index is 0. The van der Waals surface area contributed by atoms with Crippen LogP contribution in [0.5, 0.6) is 0 Å². The predicted octanol–water partition coefficient (Wildman–Crippen LogP) is 5.08. The van der Waals surface area contributed by atoms with Crippen molar-refractivity contribution < 1.29 is 42.1 Å². The molecule has 4 heterocycles. The van der Waals surface area contributed by atoms with Crippen LogP contribution >= 0.6 is 0 Å². The van der Waals surface area contributed by atoms with E-state index in [1.165, 1.54) is 0 Å². The summed E-state index contributed by atoms with van der Waals surface area (Å²) in [7, 11) is 5.34. The summed E-state index contributed by atoms with van der Waals surface area (Å²) >= 11 is 0. The van der Waals surface area contributed by atoms with E-state index in [0.29, 0.717) is 34.5 Å². The van der Waals surface area contributed by atoms with Crippen molar-refractivity contribution in [3.63, 3.8) is 0 Å². The van der Waals surface area contributed by atoms with Gasteiger partial charge in [0.25, 0.3) is 0 Å². The normalized spacial score (nSPS) is 14.3. The summed E-state index contributed by atoms with van der Waals surface area (Å²) in [4.78, 5) is 15.1. The molecule has 0 fully saturated rings. The Morgan fingerprint density at radius 3 is 1.95 bits per heavy atom. The second-order valence-electron chi connectivity index (χ2n) is 9.39. The van der Waals surface area contributed by atoms with E-state index in [1.807, 2.05) is 0 Å². The molecule has 4 aromatic rings. The molecule has 6 rings (SSSR count). The summed E-state index contributed by atoms with van der Waals surface area (Å²) in [6.45, 7) is 5.09. The minimum Gasteiger partial charge on any atom is -0.510 e. The fourth-order valence-corrected chi connectivity index (χ4v) is 4.02. The molecule has 2 aromatic heterocycles. The SMILES string of the molecule is CN1C=CN(c2[c-]c(N3C=CN(C)[CH-]3)cc(C(F)(F)F)c2)[CH-]1.Cc1n[n-]c(-c2nc(-c3[c-]cc(F)cc3F)cn2C)n1.[Ir]. The Bertz CT molecular complexity index is 1600. The molecule has 0 spiro atoms. The monoisotopic (exact) mass is 773 g/mol. The number of aromatic nitrogens is 5. The first-order valence-corrected chi connectivity index (χ1v) is 12.3. The summed E-state index contributed by atoms with van der Waals surface area (Å²) < 4.78 is 67.7. The fourth-order valence-electron chi connectivity index (χ4n) is 4.02. The third-order valence-corrected chi connectivity index (χ3v) is 6.01. The van der Waals surface area contributed by atoms with Gasteiger partial charge in [-0.15, -0.1) is 41.7 Å². The van der Waals surface area contributed by atoms with Gasteiger partial charge in [-0.1, -0.05) is 17.2 Å². The van der Waals surface area contributed by atoms with E-state index >= 15 is 0 Å². The Morgan fingerprint density at radius 2 is 1.49 bits per heavy atom. The molecule has 1 radical (unpaired) electrons. The topological polar surface area (TPSA) is 70.7 Å². The summed E-state index contributed by atoms with van der Waals surface area (Å²) in [5, 5.41) is 7.68. The molecule has 0 saturated carbocycles. The van der Waals surface area contributed by atoms with E-state index in [9.17, 15) is 22.0 Å². The quantitative estimate of drug-likeness (QED) is 0.211. The predicted molar refractivity (Wildman–Crippen MR) is 144 cm³/mol. The molecular formula is C28H23F5IrN9-5. The number of nitrogens with zero attached hydrogens (tertiary/aromatic N) is 9. The summed E-state index contributed by atoms with van der Waals surface area (Å²) in [5.41, 5.74) is 0.402. The number of hydrogen-bond donors (Lipinski definition) is 0. The van der Waals surface area contributed by atoms with Crippen LogP contribution in [0.25, 0.3) is 22.9 Å². The van der Waals surface area contributed by atoms with Crippen molar-refractivity contribution in [1.29, 1.82) is 0 Å². The molecule has 0 amide bonds. The van der Waals surface area contributed by atoms with Crippen molar-refractivity contribution in [2.45, 2.75) is 13.1 Å². The number of benzene rings is 2. The molecule has 0 unspecified atom stereocenters. The van der Waals surface area contributed by atoms with Gasteiger partial charge in [0.1, 0.15) is 5.82 Å². The zero-order valence-corrected chi connectivity index (χ0v) is 25.5. The van der Waals surface area contributed by atoms with Crippen molar-refractivity contribution in [2.24, 2.45) is 7.05 Å². The molecule has 0 saturated heterocycles. The average Bonchev–Trinajstić information content (AvgIpc) is 3.72. The van der Waals surface area contributed by atoms with E-state index in [-0.39, 0.29) is 25.7 Å². The molecule has 43 heavy (non-hydrogen) atoms. The minimum atomic E-state index is -4.41. The maximum absolute atomic E-state index is 13.7. The second-order valence-corrected chi connectivity index (χ2v) is 9.39. The Balaban J connectivity index is 0.000000193. The summed E-state index contributed by atoms with van der Waals surface area (Å²) in [5.74, 6) is -0.0467. The number of rotatable bonds is 4. The Morgan fingerprint density at radius 1 is 0.884 bits per heavy atom. The van der Waals surface area contributed by atoms with Gasteiger partial charge >= 0.3 is 6.18 Å². The first-order valence-electron chi connectivity index (χ1n) is 12.3. The van der Waals surface area contributed by atoms with Gasteiger partial charge < -0.3 is 34.2 Å². The maximum Gasteiger partial charge on any atom is 0.394 e. The van der Waals surface area contributed by atoms with Crippen LogP contribution in [-0.4, -0.2) is 43.5 Å². The van der Waals surface area contributed by atoms with Crippen LogP contribution in [0, 0.1) is 44.0 Å². The number of aryl methyl sites for hydroxylation is 2. The molecular weight excluding hydrogens is 750 g/mol. The smallest absolute Gasteiger partial charge is 0.394 e. The van der Waals surface area contributed by atoms with Crippen LogP contribution in [0.15, 0.2) is 55.3 Å². The van der Waals surface area contributed by atoms with Crippen molar-refractivity contribution in [2.75, 3.05) is 23.9 Å². The van der Waals surface area contributed by atoms with Gasteiger partial charge in [-0.25, -0.2) is 0 Å². The van der Waals surface area contributed by atoms with Crippen LogP contribution < -0.4 is 14.9 Å². The van der Waals surface area contributed by atoms with E-state index in [1.54, 1.807) is 96.6 Å². The summed E-state index contributed by atoms with van der Waals surface area (Å²) in [6, 6.07) is 9.60. The van der Waals surface area contributed by atoms with Crippen LogP contribution in [0.3, 0.4) is 0 Å². The molecule has 0 bridgehead atoms. The zero-order chi connectivity index (χ0) is 30.2. The number of imidazole rings is 1. The second kappa shape index (κ2) is 12.6. The van der Waals surface area contributed by atoms with E-state index < -0.39 is 23.4 Å². The number of anilines is 2. The standard InChI is InChI=1S/C15H14F3N4.C13H9F2N5.Ir/c1-19-3-5-21(10-19)13-7-12(15(16,17)18)8-14(9-13)22-6-4-20(2)11-22;1-7-16-12(19-18-7)13-17-11(6-20(13)2)9-4-3-8(14)5-10(9)15;/h3-8,10-11H,1-2H3;3,5-6H,1-2H3;/q-3;-2;. The van der Waals surface area contributed by atoms with E-state index in [0.717, 1.165) is 24.3 Å². The molecule has 2 aliphatic heterocycles. The average molecular weight is 773 g/mol. The Labute approximate surface area is 258 Å². The van der Waals surface area contributed by atoms with E-state index in [4.69, 9.17) is 0 Å². The summed E-state index contributed by atoms with van der Waals surface area (Å²) in [6.07, 6.45) is 4.07. The fraction of sp³-hybridized carbons (Fsp3) is 0.179. The largest absolute Gasteiger partial charge is 0.510 e. The van der Waals surface area contributed by atoms with Crippen LogP contribution in [0.2, 0.25) is 0 Å². The third kappa shape index (κ3) is 7.23. The van der Waals surface area contributed by atoms with Gasteiger partial charge in [0, 0.05) is 56.1 Å². The number of hydrogen-bond acceptors (Lipinski definition) is 7. The van der Waals surface area contributed by atoms with Gasteiger partial charge in [0.05, 0.1) is 0 Å². The van der Waals surface area contributed by atoms with Crippen LogP contribution in [0.1, 0.15) is 11.4 Å². The van der Waals surface area contributed by atoms with Crippen molar-refractivity contribution >= 4 is 11.4 Å². The van der Waals surface area contributed by atoms with Gasteiger partial charge in [0.2, 0.25) is 0 Å². The van der Waals surface area contributed by atoms with Crippen molar-refractivity contribution in [3.05, 3.63) is 104 Å². The van der Waals surface area contributed by atoms with Crippen molar-refractivity contribution in [1.82, 2.24) is 34.5 Å². The number of alkyl halides is 3. The Hall–Kier alpha value is -4.23. The van der Waals surface area contributed by atoms with Crippen LogP contribution in [0.4, 0.5) is 33.3 Å². The maximum atomic E-state index is 13.7. The van der Waals surface area contributed by atoms with Crippen molar-refractivity contribution in [3.8, 4) is 22.9 Å². The van der Waals surface area contributed by atoms with Gasteiger partial charge in [-0.3, -0.25) is 18.9 Å². The Kier molecular flexibility index (Phi) is 9.26. The van der Waals surface area contributed by atoms with Crippen LogP contribution in [-0.2, 0) is 33.3 Å². The van der Waals surface area contributed by atoms with Gasteiger partial charge in [-0.05, 0) is 52.0 Å². The molecule has 0 aliphatic carbocycles. The first kappa shape index (κ1) is 31.7. The number of halogens is 5. The third-order valence-electron chi connectivity index (χ3n) is 6.01. The molecule has 15 heteroatoms. The molecule has 2 aromatic carbocycles. The molecule has 9 nitrogen and oxygen atoms in total.